The summed E-state index contributed by atoms with van der Waals surface area (Å²) in [7, 11) is 0. The number of carbonyl (C=O) groups is 1. The molecule has 1 amide bonds. The predicted octanol–water partition coefficient (Wildman–Crippen LogP) is 8.27. The van der Waals surface area contributed by atoms with Crippen LogP contribution in [0.15, 0.2) is 95.4 Å². The van der Waals surface area contributed by atoms with Crippen LogP contribution in [0.4, 0.5) is 11.4 Å². The molecule has 5 rings (SSSR count). The molecule has 5 aromatic rings. The highest BCUT2D eigenvalue weighted by Crippen LogP contribution is 2.35. The van der Waals surface area contributed by atoms with Crippen molar-refractivity contribution in [2.75, 3.05) is 5.32 Å². The van der Waals surface area contributed by atoms with Gasteiger partial charge in [0.15, 0.2) is 5.76 Å². The molecule has 1 aromatic heterocycles. The van der Waals surface area contributed by atoms with Gasteiger partial charge in [0, 0.05) is 17.2 Å². The van der Waals surface area contributed by atoms with Crippen LogP contribution in [0.1, 0.15) is 16.3 Å². The number of hydrogen-bond donors (Lipinski definition) is 1. The lowest BCUT2D eigenvalue weighted by molar-refractivity contribution is -0.384. The maximum absolute atomic E-state index is 12.8. The first kappa shape index (κ1) is 25.1. The molecule has 4 aromatic carbocycles. The van der Waals surface area contributed by atoms with Gasteiger partial charge in [0.2, 0.25) is 0 Å². The van der Waals surface area contributed by atoms with Gasteiger partial charge < -0.3 is 19.2 Å². The Bertz CT molecular complexity index is 1670. The van der Waals surface area contributed by atoms with Crippen molar-refractivity contribution in [2.45, 2.75) is 6.61 Å². The molecule has 1 heterocycles. The van der Waals surface area contributed by atoms with Crippen molar-refractivity contribution in [3.8, 4) is 17.2 Å². The molecule has 0 bridgehead atoms. The highest BCUT2D eigenvalue weighted by atomic mass is 35.5. The molecule has 190 valence electrons. The average Bonchev–Trinajstić information content (AvgIpc) is 3.38. The number of hydrogen-bond acceptors (Lipinski definition) is 6. The number of fused-ring (bicyclic) bond motifs is 1. The number of ether oxygens (including phenoxy) is 2. The molecule has 38 heavy (non-hydrogen) atoms. The van der Waals surface area contributed by atoms with Gasteiger partial charge in [-0.25, -0.2) is 0 Å². The lowest BCUT2D eigenvalue weighted by Crippen LogP contribution is -2.11. The Balaban J connectivity index is 1.28. The van der Waals surface area contributed by atoms with E-state index in [0.717, 1.165) is 10.8 Å². The monoisotopic (exact) mass is 548 g/mol. The van der Waals surface area contributed by atoms with E-state index in [2.05, 4.69) is 5.32 Å². The zero-order valence-corrected chi connectivity index (χ0v) is 21.0. The molecule has 0 spiro atoms. The van der Waals surface area contributed by atoms with Crippen molar-refractivity contribution in [1.82, 2.24) is 0 Å². The van der Waals surface area contributed by atoms with E-state index in [0.29, 0.717) is 16.5 Å². The number of nitro benzene ring substituents is 1. The van der Waals surface area contributed by atoms with Gasteiger partial charge in [-0.15, -0.1) is 0 Å². The molecule has 0 fully saturated rings. The summed E-state index contributed by atoms with van der Waals surface area (Å²) in [5, 5.41) is 16.8. The Morgan fingerprint density at radius 3 is 2.50 bits per heavy atom. The maximum Gasteiger partial charge on any atom is 0.291 e. The average molecular weight is 549 g/mol. The van der Waals surface area contributed by atoms with Crippen LogP contribution in [0.5, 0.6) is 17.2 Å². The van der Waals surface area contributed by atoms with Crippen molar-refractivity contribution < 1.29 is 23.6 Å². The summed E-state index contributed by atoms with van der Waals surface area (Å²) in [6, 6.07) is 25.2. The van der Waals surface area contributed by atoms with Crippen LogP contribution in [0, 0.1) is 10.1 Å². The van der Waals surface area contributed by atoms with E-state index in [4.69, 9.17) is 37.1 Å². The molecule has 8 nitrogen and oxygen atoms in total. The molecule has 0 radical (unpaired) electrons. The van der Waals surface area contributed by atoms with Gasteiger partial charge in [-0.05, 0) is 53.2 Å². The second-order valence-electron chi connectivity index (χ2n) is 8.17. The lowest BCUT2D eigenvalue weighted by atomic mass is 10.1. The fourth-order valence-electron chi connectivity index (χ4n) is 3.69. The topological polar surface area (TPSA) is 104 Å². The largest absolute Gasteiger partial charge is 0.486 e. The standard InChI is InChI=1S/C28H18Cl2N2O6/c29-19-6-9-26(25(30)12-19)38-24-14-20(13-21(15-24)32(34)35)31-28(33)27-10-8-23(37-27)16-36-22-7-5-17-3-1-2-4-18(17)11-22/h1-15H,16H2,(H,31,33). The normalized spacial score (nSPS) is 10.8. The number of amides is 1. The van der Waals surface area contributed by atoms with Crippen molar-refractivity contribution in [2.24, 2.45) is 0 Å². The van der Waals surface area contributed by atoms with Crippen LogP contribution in [-0.4, -0.2) is 10.8 Å². The van der Waals surface area contributed by atoms with Crippen molar-refractivity contribution >= 4 is 51.3 Å². The van der Waals surface area contributed by atoms with Crippen LogP contribution in [-0.2, 0) is 6.61 Å². The molecular formula is C28H18Cl2N2O6. The van der Waals surface area contributed by atoms with Crippen molar-refractivity contribution in [3.63, 3.8) is 0 Å². The molecular weight excluding hydrogens is 531 g/mol. The molecule has 0 aliphatic rings. The SMILES string of the molecule is O=C(Nc1cc(Oc2ccc(Cl)cc2Cl)cc([N+](=O)[O-])c1)c1ccc(COc2ccc3ccccc3c2)o1. The van der Waals surface area contributed by atoms with Crippen LogP contribution in [0.25, 0.3) is 10.8 Å². The minimum atomic E-state index is -0.599. The van der Waals surface area contributed by atoms with Crippen molar-refractivity contribution in [3.05, 3.63) is 123 Å². The van der Waals surface area contributed by atoms with E-state index in [1.165, 1.54) is 36.4 Å². The lowest BCUT2D eigenvalue weighted by Gasteiger charge is -2.10. The molecule has 10 heteroatoms. The Labute approximate surface area is 226 Å². The molecule has 0 aliphatic heterocycles. The van der Waals surface area contributed by atoms with Crippen LogP contribution in [0.2, 0.25) is 10.0 Å². The molecule has 1 N–H and O–H groups in total. The van der Waals surface area contributed by atoms with Gasteiger partial charge in [0.25, 0.3) is 11.6 Å². The first-order chi connectivity index (χ1) is 18.3. The fraction of sp³-hybridized carbons (Fsp3) is 0.0357. The third-order valence-corrected chi connectivity index (χ3v) is 6.00. The summed E-state index contributed by atoms with van der Waals surface area (Å²) < 4.78 is 17.1. The molecule has 0 atom stereocenters. The molecule has 0 saturated carbocycles. The summed E-state index contributed by atoms with van der Waals surface area (Å²) in [5.74, 6) is 0.855. The minimum Gasteiger partial charge on any atom is -0.486 e. The second-order valence-corrected chi connectivity index (χ2v) is 9.01. The van der Waals surface area contributed by atoms with E-state index in [-0.39, 0.29) is 40.3 Å². The number of carbonyl (C=O) groups excluding carboxylic acids is 1. The quantitative estimate of drug-likeness (QED) is 0.154. The van der Waals surface area contributed by atoms with Gasteiger partial charge in [-0.2, -0.15) is 0 Å². The van der Waals surface area contributed by atoms with E-state index >= 15 is 0 Å². The Hall–Kier alpha value is -4.53. The van der Waals surface area contributed by atoms with Crippen LogP contribution < -0.4 is 14.8 Å². The minimum absolute atomic E-state index is 0.0110. The van der Waals surface area contributed by atoms with Gasteiger partial charge in [0.1, 0.15) is 29.6 Å². The summed E-state index contributed by atoms with van der Waals surface area (Å²) in [6.45, 7) is 0.113. The first-order valence-corrected chi connectivity index (χ1v) is 12.0. The van der Waals surface area contributed by atoms with Gasteiger partial charge >= 0.3 is 0 Å². The predicted molar refractivity (Wildman–Crippen MR) is 145 cm³/mol. The Morgan fingerprint density at radius 2 is 1.71 bits per heavy atom. The number of nitrogens with zero attached hydrogens (tertiary/aromatic N) is 1. The van der Waals surface area contributed by atoms with Gasteiger partial charge in [0.05, 0.1) is 21.7 Å². The van der Waals surface area contributed by atoms with Crippen LogP contribution in [0.3, 0.4) is 0 Å². The summed E-state index contributed by atoms with van der Waals surface area (Å²) >= 11 is 12.1. The second kappa shape index (κ2) is 10.8. The summed E-state index contributed by atoms with van der Waals surface area (Å²) in [6.07, 6.45) is 0. The number of benzene rings is 4. The zero-order chi connectivity index (χ0) is 26.6. The molecule has 0 saturated heterocycles. The molecule has 0 unspecified atom stereocenters. The number of anilines is 1. The number of rotatable bonds is 8. The third-order valence-electron chi connectivity index (χ3n) is 5.47. The Kier molecular flexibility index (Phi) is 7.17. The van der Waals surface area contributed by atoms with Gasteiger partial charge in [-0.1, -0.05) is 53.5 Å². The highest BCUT2D eigenvalue weighted by Gasteiger charge is 2.17. The smallest absolute Gasteiger partial charge is 0.291 e. The fourth-order valence-corrected chi connectivity index (χ4v) is 4.13. The third kappa shape index (κ3) is 5.88. The number of non-ortho nitro benzene ring substituents is 1. The van der Waals surface area contributed by atoms with Gasteiger partial charge in [-0.3, -0.25) is 14.9 Å². The summed E-state index contributed by atoms with van der Waals surface area (Å²) in [4.78, 5) is 23.7. The Morgan fingerprint density at radius 1 is 0.895 bits per heavy atom. The van der Waals surface area contributed by atoms with Crippen molar-refractivity contribution in [1.29, 1.82) is 0 Å². The van der Waals surface area contributed by atoms with Crippen LogP contribution >= 0.6 is 23.2 Å². The zero-order valence-electron chi connectivity index (χ0n) is 19.5. The maximum atomic E-state index is 12.8. The first-order valence-electron chi connectivity index (χ1n) is 11.3. The van der Waals surface area contributed by atoms with E-state index < -0.39 is 10.8 Å². The summed E-state index contributed by atoms with van der Waals surface area (Å²) in [5.41, 5.74) is -0.151. The number of furan rings is 1. The number of nitrogens with one attached hydrogen (secondary N) is 1. The van der Waals surface area contributed by atoms with E-state index in [1.807, 2.05) is 42.5 Å². The van der Waals surface area contributed by atoms with E-state index in [1.54, 1.807) is 12.1 Å². The highest BCUT2D eigenvalue weighted by molar-refractivity contribution is 6.35. The number of halogens is 2. The van der Waals surface area contributed by atoms with E-state index in [9.17, 15) is 14.9 Å². The number of nitro groups is 1. The molecule has 0 aliphatic carbocycles.